The topological polar surface area (TPSA) is 107 Å². The van der Waals surface area contributed by atoms with Gasteiger partial charge in [-0.05, 0) is 48.7 Å². The van der Waals surface area contributed by atoms with Crippen molar-refractivity contribution < 1.29 is 27.4 Å². The molecule has 35 heavy (non-hydrogen) atoms. The molecule has 0 unspecified atom stereocenters. The van der Waals surface area contributed by atoms with Gasteiger partial charge in [0.15, 0.2) is 11.5 Å². The number of fused-ring (bicyclic) bond motifs is 1. The van der Waals surface area contributed by atoms with Gasteiger partial charge in [-0.15, -0.1) is 0 Å². The summed E-state index contributed by atoms with van der Waals surface area (Å²) in [7, 11) is -2.53. The van der Waals surface area contributed by atoms with Crippen molar-refractivity contribution in [3.05, 3.63) is 71.4 Å². The molecule has 9 nitrogen and oxygen atoms in total. The number of benzene rings is 2. The van der Waals surface area contributed by atoms with Gasteiger partial charge in [-0.1, -0.05) is 18.2 Å². The number of hydrogen-bond donors (Lipinski definition) is 1. The van der Waals surface area contributed by atoms with Crippen LogP contribution in [0.4, 0.5) is 0 Å². The second-order valence-corrected chi connectivity index (χ2v) is 10.3. The van der Waals surface area contributed by atoms with Gasteiger partial charge in [-0.3, -0.25) is 4.79 Å². The van der Waals surface area contributed by atoms with Crippen LogP contribution >= 0.6 is 0 Å². The predicted octanol–water partition coefficient (Wildman–Crippen LogP) is 3.20. The van der Waals surface area contributed by atoms with Crippen LogP contribution in [-0.2, 0) is 21.4 Å². The Morgan fingerprint density at radius 2 is 1.83 bits per heavy atom. The van der Waals surface area contributed by atoms with E-state index in [4.69, 9.17) is 14.2 Å². The maximum absolute atomic E-state index is 12.9. The van der Waals surface area contributed by atoms with Crippen LogP contribution in [0, 0.1) is 13.8 Å². The molecule has 1 aromatic heterocycles. The summed E-state index contributed by atoms with van der Waals surface area (Å²) in [5, 5.41) is 2.72. The predicted molar refractivity (Wildman–Crippen MR) is 129 cm³/mol. The highest BCUT2D eigenvalue weighted by molar-refractivity contribution is 7.89. The SMILES string of the molecule is Cc1ccc(C)c(Oc2ccc(CNC(=O)CN(C)S(=O)(=O)c3ccc4c(c3)OCCO4)cn2)c1. The van der Waals surface area contributed by atoms with E-state index in [0.717, 1.165) is 26.7 Å². The Labute approximate surface area is 204 Å². The molecule has 3 aromatic rings. The number of aromatic nitrogens is 1. The van der Waals surface area contributed by atoms with E-state index in [9.17, 15) is 13.2 Å². The van der Waals surface area contributed by atoms with Crippen LogP contribution in [0.2, 0.25) is 0 Å². The molecule has 1 N–H and O–H groups in total. The second kappa shape index (κ2) is 10.3. The van der Waals surface area contributed by atoms with Gasteiger partial charge in [0.05, 0.1) is 11.4 Å². The van der Waals surface area contributed by atoms with Crippen LogP contribution in [0.1, 0.15) is 16.7 Å². The van der Waals surface area contributed by atoms with Crippen LogP contribution in [0.5, 0.6) is 23.1 Å². The van der Waals surface area contributed by atoms with Crippen molar-refractivity contribution in [3.63, 3.8) is 0 Å². The highest BCUT2D eigenvalue weighted by Crippen LogP contribution is 2.33. The summed E-state index contributed by atoms with van der Waals surface area (Å²) in [5.74, 6) is 1.60. The fourth-order valence-corrected chi connectivity index (χ4v) is 4.56. The smallest absolute Gasteiger partial charge is 0.243 e. The van der Waals surface area contributed by atoms with E-state index in [1.54, 1.807) is 24.4 Å². The number of amides is 1. The van der Waals surface area contributed by atoms with E-state index in [-0.39, 0.29) is 18.0 Å². The van der Waals surface area contributed by atoms with Gasteiger partial charge >= 0.3 is 0 Å². The van der Waals surface area contributed by atoms with Crippen molar-refractivity contribution in [3.8, 4) is 23.1 Å². The van der Waals surface area contributed by atoms with Gasteiger partial charge < -0.3 is 19.5 Å². The normalized spacial score (nSPS) is 12.9. The maximum Gasteiger partial charge on any atom is 0.243 e. The quantitative estimate of drug-likeness (QED) is 0.509. The van der Waals surface area contributed by atoms with Crippen molar-refractivity contribution in [1.82, 2.24) is 14.6 Å². The summed E-state index contributed by atoms with van der Waals surface area (Å²) in [6.45, 7) is 4.58. The zero-order valence-electron chi connectivity index (χ0n) is 19.8. The van der Waals surface area contributed by atoms with E-state index in [2.05, 4.69) is 10.3 Å². The molecule has 0 fully saturated rings. The lowest BCUT2D eigenvalue weighted by Gasteiger charge is -2.21. The van der Waals surface area contributed by atoms with Gasteiger partial charge in [-0.2, -0.15) is 4.31 Å². The highest BCUT2D eigenvalue weighted by atomic mass is 32.2. The first-order chi connectivity index (χ1) is 16.7. The van der Waals surface area contributed by atoms with Gasteiger partial charge in [0, 0.05) is 31.9 Å². The monoisotopic (exact) mass is 497 g/mol. The standard InChI is InChI=1S/C25H27N3O6S/c1-17-4-5-18(2)22(12-17)34-25-9-6-19(15-27-25)14-26-24(29)16-28(3)35(30,31)20-7-8-21-23(13-20)33-11-10-32-21/h4-9,12-13,15H,10-11,14,16H2,1-3H3,(H,26,29). The lowest BCUT2D eigenvalue weighted by Crippen LogP contribution is -2.38. The van der Waals surface area contributed by atoms with Crippen molar-refractivity contribution in [2.24, 2.45) is 0 Å². The van der Waals surface area contributed by atoms with E-state index in [0.29, 0.717) is 30.6 Å². The minimum Gasteiger partial charge on any atom is -0.486 e. The lowest BCUT2D eigenvalue weighted by atomic mass is 10.1. The maximum atomic E-state index is 12.9. The Kier molecular flexibility index (Phi) is 7.23. The average molecular weight is 498 g/mol. The molecule has 10 heteroatoms. The largest absolute Gasteiger partial charge is 0.486 e. The molecule has 2 heterocycles. The molecule has 184 valence electrons. The van der Waals surface area contributed by atoms with Gasteiger partial charge in [0.2, 0.25) is 21.8 Å². The van der Waals surface area contributed by atoms with Crippen molar-refractivity contribution in [2.75, 3.05) is 26.8 Å². The van der Waals surface area contributed by atoms with Crippen molar-refractivity contribution in [2.45, 2.75) is 25.3 Å². The molecule has 0 saturated carbocycles. The third kappa shape index (κ3) is 5.90. The number of rotatable bonds is 8. The summed E-state index contributed by atoms with van der Waals surface area (Å²) in [6, 6.07) is 13.9. The van der Waals surface area contributed by atoms with E-state index in [1.807, 2.05) is 32.0 Å². The number of carbonyl (C=O) groups is 1. The third-order valence-corrected chi connectivity index (χ3v) is 7.23. The number of pyridine rings is 1. The molecule has 1 aliphatic heterocycles. The van der Waals surface area contributed by atoms with Gasteiger partial charge in [-0.25, -0.2) is 13.4 Å². The fourth-order valence-electron chi connectivity index (χ4n) is 3.41. The van der Waals surface area contributed by atoms with E-state index in [1.165, 1.54) is 19.2 Å². The molecule has 4 rings (SSSR count). The summed E-state index contributed by atoms with van der Waals surface area (Å²) in [5.41, 5.74) is 2.85. The first-order valence-corrected chi connectivity index (χ1v) is 12.5. The number of sulfonamides is 1. The van der Waals surface area contributed by atoms with Crippen LogP contribution in [0.3, 0.4) is 0 Å². The molecule has 0 aliphatic carbocycles. The number of aryl methyl sites for hydroxylation is 2. The zero-order valence-corrected chi connectivity index (χ0v) is 20.6. The first kappa shape index (κ1) is 24.5. The molecule has 1 amide bonds. The number of likely N-dealkylation sites (N-methyl/N-ethyl adjacent to an activating group) is 1. The Hall–Kier alpha value is -3.63. The van der Waals surface area contributed by atoms with Crippen molar-refractivity contribution >= 4 is 15.9 Å². The number of nitrogens with one attached hydrogen (secondary N) is 1. The fraction of sp³-hybridized carbons (Fsp3) is 0.280. The summed E-state index contributed by atoms with van der Waals surface area (Å²) in [6.07, 6.45) is 1.61. The lowest BCUT2D eigenvalue weighted by molar-refractivity contribution is -0.121. The Balaban J connectivity index is 1.32. The Morgan fingerprint density at radius 3 is 2.57 bits per heavy atom. The highest BCUT2D eigenvalue weighted by Gasteiger charge is 2.25. The van der Waals surface area contributed by atoms with Crippen LogP contribution in [0.15, 0.2) is 59.6 Å². The van der Waals surface area contributed by atoms with Crippen molar-refractivity contribution in [1.29, 1.82) is 0 Å². The number of carbonyl (C=O) groups excluding carboxylic acids is 1. The summed E-state index contributed by atoms with van der Waals surface area (Å²) >= 11 is 0. The number of hydrogen-bond acceptors (Lipinski definition) is 7. The first-order valence-electron chi connectivity index (χ1n) is 11.0. The average Bonchev–Trinajstić information content (AvgIpc) is 2.85. The van der Waals surface area contributed by atoms with Gasteiger partial charge in [0.25, 0.3) is 0 Å². The molecule has 0 radical (unpaired) electrons. The van der Waals surface area contributed by atoms with Crippen LogP contribution in [-0.4, -0.2) is 50.4 Å². The molecular weight excluding hydrogens is 470 g/mol. The van der Waals surface area contributed by atoms with Crippen LogP contribution < -0.4 is 19.5 Å². The zero-order chi connectivity index (χ0) is 25.0. The van der Waals surface area contributed by atoms with Gasteiger partial charge in [0.1, 0.15) is 19.0 Å². The van der Waals surface area contributed by atoms with E-state index >= 15 is 0 Å². The minimum atomic E-state index is -3.88. The third-order valence-electron chi connectivity index (χ3n) is 5.43. The molecule has 0 bridgehead atoms. The number of ether oxygens (including phenoxy) is 3. The van der Waals surface area contributed by atoms with E-state index < -0.39 is 15.9 Å². The molecule has 0 spiro atoms. The summed E-state index contributed by atoms with van der Waals surface area (Å²) in [4.78, 5) is 16.7. The molecule has 1 aliphatic rings. The van der Waals surface area contributed by atoms with Crippen LogP contribution in [0.25, 0.3) is 0 Å². The molecule has 2 aromatic carbocycles. The Bertz CT molecular complexity index is 1330. The molecule has 0 saturated heterocycles. The Morgan fingerprint density at radius 1 is 1.06 bits per heavy atom. The number of nitrogens with zero attached hydrogens (tertiary/aromatic N) is 2. The molecule has 0 atom stereocenters. The summed E-state index contributed by atoms with van der Waals surface area (Å²) < 4.78 is 43.5. The second-order valence-electron chi connectivity index (χ2n) is 8.22. The minimum absolute atomic E-state index is 0.0284. The molecular formula is C25H27N3O6S.